The van der Waals surface area contributed by atoms with E-state index in [0.717, 1.165) is 26.9 Å². The van der Waals surface area contributed by atoms with Gasteiger partial charge in [0, 0.05) is 36.4 Å². The van der Waals surface area contributed by atoms with Crippen LogP contribution < -0.4 is 4.90 Å². The molecule has 5 heterocycles. The van der Waals surface area contributed by atoms with Crippen LogP contribution >= 0.6 is 11.8 Å². The molecule has 41 heavy (non-hydrogen) atoms. The third kappa shape index (κ3) is 4.33. The maximum Gasteiger partial charge on any atom is 0.261 e. The number of nitrogens with zero attached hydrogens (tertiary/aromatic N) is 6. The van der Waals surface area contributed by atoms with Crippen LogP contribution in [0.1, 0.15) is 39.9 Å². The number of aryl methyl sites for hydroxylation is 1. The van der Waals surface area contributed by atoms with Gasteiger partial charge in [-0.3, -0.25) is 14.5 Å². The number of imide groups is 1. The monoisotopic (exact) mass is 565 g/mol. The second kappa shape index (κ2) is 9.77. The van der Waals surface area contributed by atoms with Gasteiger partial charge in [0.05, 0.1) is 28.0 Å². The standard InChI is InChI=1S/C30H24FN7O2S/c1-3-17(15-38-28(39)21-6-4-5-7-22(21)29(38)40)18-13-37(14-18)27-25-23-10-19(31)8-9-24(23)34-26(25)35-30(36-27)41-20-11-32-16(2)33-12-20/h4-12H,3,13-15H2,1-2H3,(H,34,35,36). The van der Waals surface area contributed by atoms with Crippen LogP contribution in [0.25, 0.3) is 21.9 Å². The summed E-state index contributed by atoms with van der Waals surface area (Å²) in [5, 5.41) is 1.98. The Balaban J connectivity index is 1.22. The van der Waals surface area contributed by atoms with E-state index in [1.54, 1.807) is 42.7 Å². The summed E-state index contributed by atoms with van der Waals surface area (Å²) in [7, 11) is 0. The summed E-state index contributed by atoms with van der Waals surface area (Å²) >= 11 is 1.36. The third-order valence-corrected chi connectivity index (χ3v) is 8.37. The molecule has 2 aliphatic heterocycles. The molecule has 0 radical (unpaired) electrons. The summed E-state index contributed by atoms with van der Waals surface area (Å²) in [4.78, 5) is 51.7. The molecule has 0 bridgehead atoms. The van der Waals surface area contributed by atoms with Crippen LogP contribution in [0.15, 0.2) is 76.1 Å². The Morgan fingerprint density at radius 1 is 1.02 bits per heavy atom. The maximum atomic E-state index is 14.3. The summed E-state index contributed by atoms with van der Waals surface area (Å²) in [5.74, 6) is 0.527. The van der Waals surface area contributed by atoms with Crippen molar-refractivity contribution >= 4 is 51.3 Å². The summed E-state index contributed by atoms with van der Waals surface area (Å²) < 4.78 is 14.3. The lowest BCUT2D eigenvalue weighted by atomic mass is 9.97. The zero-order valence-electron chi connectivity index (χ0n) is 22.3. The van der Waals surface area contributed by atoms with E-state index < -0.39 is 0 Å². The Morgan fingerprint density at radius 3 is 2.41 bits per heavy atom. The van der Waals surface area contributed by atoms with Crippen LogP contribution in [0.2, 0.25) is 0 Å². The number of aromatic amines is 1. The molecule has 0 saturated carbocycles. The molecule has 204 valence electrons. The molecule has 0 aliphatic carbocycles. The Morgan fingerprint density at radius 2 is 1.73 bits per heavy atom. The van der Waals surface area contributed by atoms with Gasteiger partial charge in [0.15, 0.2) is 5.16 Å². The van der Waals surface area contributed by atoms with Crippen molar-refractivity contribution in [1.29, 1.82) is 0 Å². The Bertz CT molecular complexity index is 1880. The number of nitrogens with one attached hydrogen (secondary N) is 1. The maximum absolute atomic E-state index is 14.3. The van der Waals surface area contributed by atoms with Crippen LogP contribution in [0.5, 0.6) is 0 Å². The summed E-state index contributed by atoms with van der Waals surface area (Å²) in [6.45, 7) is 5.29. The van der Waals surface area contributed by atoms with Gasteiger partial charge in [0.2, 0.25) is 0 Å². The van der Waals surface area contributed by atoms with E-state index in [1.807, 2.05) is 13.8 Å². The number of aromatic nitrogens is 5. The first-order valence-electron chi connectivity index (χ1n) is 13.2. The zero-order chi connectivity index (χ0) is 28.2. The second-order valence-corrected chi connectivity index (χ2v) is 11.1. The summed E-state index contributed by atoms with van der Waals surface area (Å²) in [6.07, 6.45) is 4.18. The molecular weight excluding hydrogens is 541 g/mol. The van der Waals surface area contributed by atoms with Crippen LogP contribution in [-0.4, -0.2) is 61.3 Å². The number of hydrogen-bond acceptors (Lipinski definition) is 8. The van der Waals surface area contributed by atoms with Gasteiger partial charge in [0.25, 0.3) is 11.8 Å². The first-order valence-corrected chi connectivity index (χ1v) is 14.1. The average Bonchev–Trinajstić information content (AvgIpc) is 3.42. The van der Waals surface area contributed by atoms with Crippen molar-refractivity contribution in [1.82, 2.24) is 29.8 Å². The number of carbonyl (C=O) groups is 2. The molecule has 0 spiro atoms. The van der Waals surface area contributed by atoms with Crippen LogP contribution in [0.3, 0.4) is 0 Å². The fourth-order valence-electron chi connectivity index (χ4n) is 5.38. The van der Waals surface area contributed by atoms with Crippen LogP contribution in [-0.2, 0) is 0 Å². The number of rotatable bonds is 6. The predicted molar refractivity (Wildman–Crippen MR) is 154 cm³/mol. The molecular formula is C30H24FN7O2S. The molecule has 0 atom stereocenters. The lowest BCUT2D eigenvalue weighted by Crippen LogP contribution is -2.43. The van der Waals surface area contributed by atoms with E-state index in [9.17, 15) is 14.0 Å². The number of fused-ring (bicyclic) bond motifs is 4. The topological polar surface area (TPSA) is 108 Å². The van der Waals surface area contributed by atoms with Crippen molar-refractivity contribution in [3.63, 3.8) is 0 Å². The molecule has 0 unspecified atom stereocenters. The first kappa shape index (κ1) is 25.3. The fraction of sp³-hybridized carbons (Fsp3) is 0.200. The molecule has 1 N–H and O–H groups in total. The average molecular weight is 566 g/mol. The Hall–Kier alpha value is -4.64. The highest BCUT2D eigenvalue weighted by atomic mass is 32.2. The molecule has 2 aromatic carbocycles. The van der Waals surface area contributed by atoms with E-state index >= 15 is 0 Å². The van der Waals surface area contributed by atoms with Gasteiger partial charge in [-0.2, -0.15) is 0 Å². The normalized spacial score (nSPS) is 14.8. The highest BCUT2D eigenvalue weighted by molar-refractivity contribution is 7.99. The quantitative estimate of drug-likeness (QED) is 0.167. The first-order chi connectivity index (χ1) is 19.9. The van der Waals surface area contributed by atoms with Crippen LogP contribution in [0, 0.1) is 12.7 Å². The molecule has 2 aliphatic rings. The third-order valence-electron chi connectivity index (χ3n) is 7.56. The van der Waals surface area contributed by atoms with Gasteiger partial charge < -0.3 is 9.88 Å². The van der Waals surface area contributed by atoms with Gasteiger partial charge in [-0.05, 0) is 66.6 Å². The zero-order valence-corrected chi connectivity index (χ0v) is 23.1. The summed E-state index contributed by atoms with van der Waals surface area (Å²) in [6, 6.07) is 11.6. The Labute approximate surface area is 238 Å². The number of halogens is 1. The largest absolute Gasteiger partial charge is 0.348 e. The molecule has 2 amide bonds. The molecule has 1 fully saturated rings. The number of carbonyl (C=O) groups excluding carboxylic acids is 2. The molecule has 5 aromatic rings. The molecule has 1 saturated heterocycles. The lowest BCUT2D eigenvalue weighted by Gasteiger charge is -2.38. The number of H-pyrrole nitrogens is 1. The van der Waals surface area contributed by atoms with E-state index in [4.69, 9.17) is 9.97 Å². The summed E-state index contributed by atoms with van der Waals surface area (Å²) in [5.41, 5.74) is 4.50. The van der Waals surface area contributed by atoms with Gasteiger partial charge in [-0.15, -0.1) is 0 Å². The van der Waals surface area contributed by atoms with Crippen molar-refractivity contribution in [2.24, 2.45) is 0 Å². The van der Waals surface area contributed by atoms with Crippen molar-refractivity contribution in [3.05, 3.63) is 88.8 Å². The van der Waals surface area contributed by atoms with E-state index in [1.165, 1.54) is 28.8 Å². The minimum absolute atomic E-state index is 0.256. The predicted octanol–water partition coefficient (Wildman–Crippen LogP) is 5.32. The highest BCUT2D eigenvalue weighted by Crippen LogP contribution is 2.38. The van der Waals surface area contributed by atoms with Crippen molar-refractivity contribution < 1.29 is 14.0 Å². The fourth-order valence-corrected chi connectivity index (χ4v) is 6.07. The minimum atomic E-state index is -0.335. The number of anilines is 1. The van der Waals surface area contributed by atoms with E-state index in [2.05, 4.69) is 19.9 Å². The lowest BCUT2D eigenvalue weighted by molar-refractivity contribution is 0.0666. The highest BCUT2D eigenvalue weighted by Gasteiger charge is 2.36. The van der Waals surface area contributed by atoms with Crippen molar-refractivity contribution in [3.8, 4) is 0 Å². The molecule has 9 nitrogen and oxygen atoms in total. The van der Waals surface area contributed by atoms with E-state index in [0.29, 0.717) is 58.5 Å². The van der Waals surface area contributed by atoms with Gasteiger partial charge >= 0.3 is 0 Å². The SMILES string of the molecule is CCC(CN1C(=O)c2ccccc2C1=O)=C1CN(c2nc(Sc3cnc(C)nc3)nc3[nH]c4ccc(F)cc4c23)C1. The number of benzene rings is 2. The van der Waals surface area contributed by atoms with Crippen LogP contribution in [0.4, 0.5) is 10.2 Å². The molecule has 7 rings (SSSR count). The number of amides is 2. The van der Waals surface area contributed by atoms with Gasteiger partial charge in [-0.1, -0.05) is 19.1 Å². The minimum Gasteiger partial charge on any atom is -0.348 e. The van der Waals surface area contributed by atoms with Gasteiger partial charge in [-0.25, -0.2) is 24.3 Å². The second-order valence-electron chi connectivity index (χ2n) is 10.1. The van der Waals surface area contributed by atoms with Crippen molar-refractivity contribution in [2.45, 2.75) is 30.3 Å². The number of hydrogen-bond donors (Lipinski definition) is 1. The smallest absolute Gasteiger partial charge is 0.261 e. The molecule has 11 heteroatoms. The van der Waals surface area contributed by atoms with Crippen molar-refractivity contribution in [2.75, 3.05) is 24.5 Å². The molecule has 3 aromatic heterocycles. The van der Waals surface area contributed by atoms with E-state index in [-0.39, 0.29) is 24.2 Å². The van der Waals surface area contributed by atoms with Gasteiger partial charge in [0.1, 0.15) is 23.1 Å². The Kier molecular flexibility index (Phi) is 6.04.